The first kappa shape index (κ1) is 31.9. The van der Waals surface area contributed by atoms with E-state index in [2.05, 4.69) is 5.32 Å². The first-order valence-electron chi connectivity index (χ1n) is 13.3. The molecule has 0 heterocycles. The highest BCUT2D eigenvalue weighted by molar-refractivity contribution is 7.92. The molecule has 3 rings (SSSR count). The lowest BCUT2D eigenvalue weighted by Crippen LogP contribution is -2.52. The largest absolute Gasteiger partial charge is 0.494 e. The van der Waals surface area contributed by atoms with Crippen LogP contribution in [0.4, 0.5) is 10.1 Å². The molecule has 0 saturated carbocycles. The van der Waals surface area contributed by atoms with Gasteiger partial charge in [0.25, 0.3) is 10.0 Å². The van der Waals surface area contributed by atoms with E-state index in [0.717, 1.165) is 28.6 Å². The standard InChI is InChI=1S/C30H35ClFN3O5S/c1-5-21(3)33-30(37)22(4)34(19-23-9-7-8-10-28(23)31)29(36)20-35(25-13-15-26(16-14-25)40-6-2)41(38,39)27-17-11-24(32)12-18-27/h7-18,21-22H,5-6,19-20H2,1-4H3,(H,33,37)/t21-,22-/m1/s1. The van der Waals surface area contributed by atoms with Crippen LogP contribution in [0.1, 0.15) is 39.7 Å². The van der Waals surface area contributed by atoms with Crippen molar-refractivity contribution in [3.63, 3.8) is 0 Å². The molecule has 0 unspecified atom stereocenters. The van der Waals surface area contributed by atoms with Crippen LogP contribution in [0.25, 0.3) is 0 Å². The van der Waals surface area contributed by atoms with E-state index in [-0.39, 0.29) is 29.1 Å². The van der Waals surface area contributed by atoms with Crippen molar-refractivity contribution in [2.24, 2.45) is 0 Å². The molecule has 0 spiro atoms. The Morgan fingerprint density at radius 1 is 0.976 bits per heavy atom. The molecule has 0 aliphatic heterocycles. The molecule has 2 amide bonds. The fraction of sp³-hybridized carbons (Fsp3) is 0.333. The van der Waals surface area contributed by atoms with E-state index in [1.165, 1.54) is 17.0 Å². The Morgan fingerprint density at radius 3 is 2.20 bits per heavy atom. The van der Waals surface area contributed by atoms with Crippen molar-refractivity contribution >= 4 is 39.1 Å². The van der Waals surface area contributed by atoms with Crippen LogP contribution in [0.15, 0.2) is 77.7 Å². The zero-order valence-electron chi connectivity index (χ0n) is 23.5. The van der Waals surface area contributed by atoms with E-state index in [9.17, 15) is 22.4 Å². The van der Waals surface area contributed by atoms with Crippen LogP contribution in [0.5, 0.6) is 5.75 Å². The Bertz CT molecular complexity index is 1440. The summed E-state index contributed by atoms with van der Waals surface area (Å²) in [6.07, 6.45) is 0.693. The van der Waals surface area contributed by atoms with Gasteiger partial charge in [0.1, 0.15) is 24.2 Å². The van der Waals surface area contributed by atoms with E-state index in [1.807, 2.05) is 20.8 Å². The van der Waals surface area contributed by atoms with Crippen molar-refractivity contribution in [2.45, 2.75) is 57.6 Å². The molecule has 0 aliphatic carbocycles. The van der Waals surface area contributed by atoms with Gasteiger partial charge in [-0.3, -0.25) is 13.9 Å². The molecule has 0 aromatic heterocycles. The highest BCUT2D eigenvalue weighted by Gasteiger charge is 2.33. The van der Waals surface area contributed by atoms with Crippen molar-refractivity contribution in [3.05, 3.63) is 89.2 Å². The SMILES string of the molecule is CCOc1ccc(N(CC(=O)N(Cc2ccccc2Cl)[C@H](C)C(=O)N[C@H](C)CC)S(=O)(=O)c2ccc(F)cc2)cc1. The van der Waals surface area contributed by atoms with Gasteiger partial charge in [0.15, 0.2) is 0 Å². The molecule has 11 heteroatoms. The van der Waals surface area contributed by atoms with Gasteiger partial charge in [0.2, 0.25) is 11.8 Å². The van der Waals surface area contributed by atoms with Gasteiger partial charge >= 0.3 is 0 Å². The summed E-state index contributed by atoms with van der Waals surface area (Å²) in [5.41, 5.74) is 0.792. The molecule has 0 radical (unpaired) electrons. The Morgan fingerprint density at radius 2 is 1.61 bits per heavy atom. The van der Waals surface area contributed by atoms with Crippen LogP contribution in [-0.4, -0.2) is 50.4 Å². The van der Waals surface area contributed by atoms with Crippen molar-refractivity contribution in [1.82, 2.24) is 10.2 Å². The number of nitrogens with one attached hydrogen (secondary N) is 1. The quantitative estimate of drug-likeness (QED) is 0.282. The van der Waals surface area contributed by atoms with Gasteiger partial charge in [-0.1, -0.05) is 36.7 Å². The van der Waals surface area contributed by atoms with E-state index in [4.69, 9.17) is 16.3 Å². The predicted octanol–water partition coefficient (Wildman–Crippen LogP) is 5.41. The van der Waals surface area contributed by atoms with Gasteiger partial charge in [0.05, 0.1) is 17.2 Å². The fourth-order valence-electron chi connectivity index (χ4n) is 4.00. The first-order chi connectivity index (χ1) is 19.5. The number of carbonyl (C=O) groups excluding carboxylic acids is 2. The molecule has 3 aromatic carbocycles. The van der Waals surface area contributed by atoms with Crippen LogP contribution >= 0.6 is 11.6 Å². The van der Waals surface area contributed by atoms with Crippen LogP contribution in [0, 0.1) is 5.82 Å². The van der Waals surface area contributed by atoms with E-state index >= 15 is 0 Å². The summed E-state index contributed by atoms with van der Waals surface area (Å²) >= 11 is 6.38. The monoisotopic (exact) mass is 603 g/mol. The highest BCUT2D eigenvalue weighted by atomic mass is 35.5. The zero-order valence-corrected chi connectivity index (χ0v) is 25.1. The first-order valence-corrected chi connectivity index (χ1v) is 15.1. The molecule has 220 valence electrons. The van der Waals surface area contributed by atoms with Crippen LogP contribution < -0.4 is 14.4 Å². The molecule has 0 bridgehead atoms. The average molecular weight is 604 g/mol. The lowest BCUT2D eigenvalue weighted by Gasteiger charge is -2.32. The molecule has 3 aromatic rings. The van der Waals surface area contributed by atoms with Gasteiger partial charge < -0.3 is 15.0 Å². The van der Waals surface area contributed by atoms with Crippen molar-refractivity contribution in [3.8, 4) is 5.75 Å². The van der Waals surface area contributed by atoms with E-state index in [1.54, 1.807) is 43.3 Å². The number of hydrogen-bond acceptors (Lipinski definition) is 5. The maximum absolute atomic E-state index is 14.0. The lowest BCUT2D eigenvalue weighted by molar-refractivity contribution is -0.139. The molecule has 1 N–H and O–H groups in total. The van der Waals surface area contributed by atoms with E-state index < -0.39 is 34.3 Å². The van der Waals surface area contributed by atoms with E-state index in [0.29, 0.717) is 29.4 Å². The third-order valence-electron chi connectivity index (χ3n) is 6.58. The van der Waals surface area contributed by atoms with Gasteiger partial charge in [-0.25, -0.2) is 12.8 Å². The molecular weight excluding hydrogens is 569 g/mol. The Balaban J connectivity index is 2.04. The average Bonchev–Trinajstić information content (AvgIpc) is 2.95. The summed E-state index contributed by atoms with van der Waals surface area (Å²) in [4.78, 5) is 28.2. The van der Waals surface area contributed by atoms with Gasteiger partial charge in [-0.2, -0.15) is 0 Å². The molecule has 8 nitrogen and oxygen atoms in total. The normalized spacial score (nSPS) is 12.7. The van der Waals surface area contributed by atoms with Crippen LogP contribution in [-0.2, 0) is 26.2 Å². The minimum absolute atomic E-state index is 0.0265. The number of amides is 2. The summed E-state index contributed by atoms with van der Waals surface area (Å²) in [7, 11) is -4.32. The summed E-state index contributed by atoms with van der Waals surface area (Å²) in [5.74, 6) is -1.08. The third-order valence-corrected chi connectivity index (χ3v) is 8.74. The number of hydrogen-bond donors (Lipinski definition) is 1. The second kappa shape index (κ2) is 14.3. The number of nitrogens with zero attached hydrogens (tertiary/aromatic N) is 2. The zero-order chi connectivity index (χ0) is 30.2. The van der Waals surface area contributed by atoms with Crippen molar-refractivity contribution < 1.29 is 27.1 Å². The second-order valence-corrected chi connectivity index (χ2v) is 11.8. The van der Waals surface area contributed by atoms with Crippen molar-refractivity contribution in [2.75, 3.05) is 17.5 Å². The van der Waals surface area contributed by atoms with Gasteiger partial charge in [0, 0.05) is 17.6 Å². The molecule has 2 atom stereocenters. The maximum atomic E-state index is 14.0. The van der Waals surface area contributed by atoms with Crippen LogP contribution in [0.3, 0.4) is 0 Å². The minimum Gasteiger partial charge on any atom is -0.494 e. The number of sulfonamides is 1. The smallest absolute Gasteiger partial charge is 0.264 e. The number of carbonyl (C=O) groups is 2. The topological polar surface area (TPSA) is 96.0 Å². The van der Waals surface area contributed by atoms with Crippen molar-refractivity contribution in [1.29, 1.82) is 0 Å². The summed E-state index contributed by atoms with van der Waals surface area (Å²) in [6, 6.07) is 16.5. The summed E-state index contributed by atoms with van der Waals surface area (Å²) in [6.45, 7) is 6.96. The number of ether oxygens (including phenoxy) is 1. The maximum Gasteiger partial charge on any atom is 0.264 e. The molecule has 0 fully saturated rings. The molecule has 41 heavy (non-hydrogen) atoms. The Labute approximate surface area is 246 Å². The number of benzene rings is 3. The van der Waals surface area contributed by atoms with Gasteiger partial charge in [-0.05, 0) is 87.4 Å². The lowest BCUT2D eigenvalue weighted by atomic mass is 10.1. The summed E-state index contributed by atoms with van der Waals surface area (Å²) in [5, 5.41) is 3.29. The Kier molecular flexibility index (Phi) is 11.1. The number of rotatable bonds is 13. The fourth-order valence-corrected chi connectivity index (χ4v) is 5.61. The van der Waals surface area contributed by atoms with Gasteiger partial charge in [-0.15, -0.1) is 0 Å². The number of halogens is 2. The molecule has 0 aliphatic rings. The highest BCUT2D eigenvalue weighted by Crippen LogP contribution is 2.27. The minimum atomic E-state index is -4.32. The third kappa shape index (κ3) is 8.20. The molecule has 0 saturated heterocycles. The number of anilines is 1. The molecular formula is C30H35ClFN3O5S. The predicted molar refractivity (Wildman–Crippen MR) is 158 cm³/mol. The van der Waals surface area contributed by atoms with Crippen LogP contribution in [0.2, 0.25) is 5.02 Å². The Hall–Kier alpha value is -3.63. The second-order valence-electron chi connectivity index (χ2n) is 9.50. The summed E-state index contributed by atoms with van der Waals surface area (Å²) < 4.78 is 47.7.